The molecule has 17 heteroatoms. The molecule has 0 saturated carbocycles. The number of rotatable bonds is 11. The quantitative estimate of drug-likeness (QED) is 0.191. The number of aromatic nitrogens is 4. The van der Waals surface area contributed by atoms with Gasteiger partial charge >= 0.3 is 12.1 Å². The SMILES string of the molecule is CC[C@H]1OC(=O)[C@H](C)C(=O)[C@H](C)[C@@H](O[C@@H]2O[C@H](C)CC(N(C)C)C2O)[C@](C)(OC)C[C@@H](C)CN(C(C)=O)[C@H](C)[C@H]2N(CCCCn3cc(-c4ccccn4)nn3)C(=O)O[C@]12C. The van der Waals surface area contributed by atoms with Gasteiger partial charge in [0.05, 0.1) is 41.8 Å². The van der Waals surface area contributed by atoms with E-state index >= 15 is 0 Å². The van der Waals surface area contributed by atoms with Gasteiger partial charge in [0.15, 0.2) is 17.7 Å². The molecule has 5 heterocycles. The van der Waals surface area contributed by atoms with Crippen molar-refractivity contribution in [2.24, 2.45) is 17.8 Å². The van der Waals surface area contributed by atoms with Gasteiger partial charge in [-0.25, -0.2) is 4.79 Å². The molecule has 3 fully saturated rings. The van der Waals surface area contributed by atoms with Crippen LogP contribution in [0, 0.1) is 17.8 Å². The van der Waals surface area contributed by atoms with Gasteiger partial charge in [-0.2, -0.15) is 0 Å². The highest BCUT2D eigenvalue weighted by atomic mass is 16.7. The number of hydrogen-bond donors (Lipinski definition) is 1. The maximum Gasteiger partial charge on any atom is 0.410 e. The van der Waals surface area contributed by atoms with E-state index in [0.29, 0.717) is 44.5 Å². The first-order valence-electron chi connectivity index (χ1n) is 21.8. The number of esters is 1. The third-order valence-corrected chi connectivity index (χ3v) is 13.2. The van der Waals surface area contributed by atoms with E-state index in [4.69, 9.17) is 23.7 Å². The number of cyclic esters (lactones) is 1. The van der Waals surface area contributed by atoms with Crippen LogP contribution in [-0.2, 0) is 44.6 Å². The van der Waals surface area contributed by atoms with E-state index in [-0.39, 0.29) is 36.9 Å². The Morgan fingerprint density at radius 3 is 2.38 bits per heavy atom. The van der Waals surface area contributed by atoms with Crippen molar-refractivity contribution in [3.63, 3.8) is 0 Å². The van der Waals surface area contributed by atoms with E-state index in [9.17, 15) is 24.3 Å². The molecule has 3 aliphatic heterocycles. The highest BCUT2D eigenvalue weighted by molar-refractivity contribution is 6.00. The summed E-state index contributed by atoms with van der Waals surface area (Å²) in [7, 11) is 5.31. The Bertz CT molecular complexity index is 1810. The maximum atomic E-state index is 14.5. The van der Waals surface area contributed by atoms with Crippen molar-refractivity contribution < 1.29 is 48.0 Å². The first-order valence-corrected chi connectivity index (χ1v) is 21.8. The Balaban J connectivity index is 1.46. The molecule has 0 aromatic carbocycles. The van der Waals surface area contributed by atoms with Crippen molar-refractivity contribution in [3.05, 3.63) is 30.6 Å². The molecule has 340 valence electrons. The minimum absolute atomic E-state index is 0.211. The molecule has 5 rings (SSSR count). The second-order valence-electron chi connectivity index (χ2n) is 18.1. The number of nitrogens with zero attached hydrogens (tertiary/aromatic N) is 7. The van der Waals surface area contributed by atoms with Crippen LogP contribution in [0.5, 0.6) is 0 Å². The van der Waals surface area contributed by atoms with Crippen LogP contribution >= 0.6 is 0 Å². The topological polar surface area (TPSA) is 188 Å². The molecule has 3 aliphatic rings. The fourth-order valence-corrected chi connectivity index (χ4v) is 9.81. The van der Waals surface area contributed by atoms with E-state index in [1.807, 2.05) is 78.0 Å². The number of hydrogen-bond acceptors (Lipinski definition) is 14. The molecule has 2 unspecified atom stereocenters. The smallest absolute Gasteiger partial charge is 0.410 e. The lowest BCUT2D eigenvalue weighted by molar-refractivity contribution is -0.295. The summed E-state index contributed by atoms with van der Waals surface area (Å²) in [6.45, 7) is 17.0. The molecule has 2 amide bonds. The third-order valence-electron chi connectivity index (χ3n) is 13.2. The zero-order valence-corrected chi connectivity index (χ0v) is 38.1. The number of carbonyl (C=O) groups is 4. The monoisotopic (exact) mass is 856 g/mol. The normalized spacial score (nSPS) is 35.6. The van der Waals surface area contributed by atoms with Crippen LogP contribution in [0.3, 0.4) is 0 Å². The Morgan fingerprint density at radius 2 is 1.75 bits per heavy atom. The van der Waals surface area contributed by atoms with Crippen LogP contribution in [0.2, 0.25) is 0 Å². The van der Waals surface area contributed by atoms with Gasteiger partial charge in [0, 0.05) is 51.8 Å². The number of ketones is 1. The summed E-state index contributed by atoms with van der Waals surface area (Å²) >= 11 is 0. The molecule has 1 N–H and O–H groups in total. The molecule has 2 aromatic heterocycles. The number of ether oxygens (including phenoxy) is 5. The summed E-state index contributed by atoms with van der Waals surface area (Å²) in [5.41, 5.74) is -1.18. The number of aryl methyl sites for hydroxylation is 1. The maximum absolute atomic E-state index is 14.5. The number of carbonyl (C=O) groups excluding carboxylic acids is 4. The average Bonchev–Trinajstić information content (AvgIpc) is 3.80. The Labute approximate surface area is 360 Å². The van der Waals surface area contributed by atoms with Gasteiger partial charge in [-0.05, 0) is 98.9 Å². The summed E-state index contributed by atoms with van der Waals surface area (Å²) in [6.07, 6.45) is 1.02. The van der Waals surface area contributed by atoms with Gasteiger partial charge in [0.25, 0.3) is 0 Å². The summed E-state index contributed by atoms with van der Waals surface area (Å²) in [6, 6.07) is 4.00. The zero-order valence-electron chi connectivity index (χ0n) is 38.1. The molecule has 13 atom stereocenters. The van der Waals surface area contributed by atoms with Crippen molar-refractivity contribution in [1.29, 1.82) is 0 Å². The number of amides is 2. The molecule has 61 heavy (non-hydrogen) atoms. The summed E-state index contributed by atoms with van der Waals surface area (Å²) in [4.78, 5) is 66.0. The number of methoxy groups -OCH3 is 1. The lowest BCUT2D eigenvalue weighted by Gasteiger charge is -2.47. The fourth-order valence-electron chi connectivity index (χ4n) is 9.81. The van der Waals surface area contributed by atoms with Crippen LogP contribution < -0.4 is 0 Å². The largest absolute Gasteiger partial charge is 0.458 e. The fraction of sp³-hybridized carbons (Fsp3) is 0.750. The molecule has 0 aliphatic carbocycles. The van der Waals surface area contributed by atoms with Gasteiger partial charge in [-0.15, -0.1) is 5.10 Å². The standard InChI is InChI=1S/C44H69N7O10/c1-13-35-44(9)38(50(42(56)61-44)21-17-16-20-49-25-33(46-47-49)32-18-14-15-19-45-32)30(6)51(31(7)52)24-26(2)23-43(8,57-12)39(28(4)36(53)29(5)40(55)59-35)60-41-37(54)34(48(10)11)22-27(3)58-41/h14-15,18-19,25-30,34-35,37-39,41,54H,13,16-17,20-24H2,1-12H3/t26-,27-,28+,29-,30-,34?,35-,37?,38-,39-,41+,43-,44-/m1/s1. The molecule has 17 nitrogen and oxygen atoms in total. The van der Waals surface area contributed by atoms with E-state index in [0.717, 1.165) is 5.69 Å². The number of unbranched alkanes of at least 4 members (excludes halogenated alkanes) is 1. The van der Waals surface area contributed by atoms with Gasteiger partial charge < -0.3 is 38.6 Å². The lowest BCUT2D eigenvalue weighted by atomic mass is 9.78. The Kier molecular flexibility index (Phi) is 15.7. The molecule has 2 aromatic rings. The number of aliphatic hydroxyl groups is 1. The van der Waals surface area contributed by atoms with Crippen molar-refractivity contribution in [2.75, 3.05) is 34.3 Å². The molecule has 0 spiro atoms. The van der Waals surface area contributed by atoms with Crippen molar-refractivity contribution in [3.8, 4) is 11.4 Å². The van der Waals surface area contributed by atoms with Gasteiger partial charge in [0.2, 0.25) is 5.91 Å². The highest BCUT2D eigenvalue weighted by Gasteiger charge is 2.60. The van der Waals surface area contributed by atoms with E-state index in [1.165, 1.54) is 13.8 Å². The number of pyridine rings is 1. The number of likely N-dealkylation sites (N-methyl/N-ethyl adjacent to an activating group) is 1. The van der Waals surface area contributed by atoms with Crippen LogP contribution in [0.1, 0.15) is 94.4 Å². The van der Waals surface area contributed by atoms with Crippen LogP contribution in [0.25, 0.3) is 11.4 Å². The van der Waals surface area contributed by atoms with Crippen molar-refractivity contribution >= 4 is 23.8 Å². The number of Topliss-reactive ketones (excluding diaryl/α,β-unsaturated/α-hetero) is 1. The molecule has 0 radical (unpaired) electrons. The number of aliphatic hydroxyl groups excluding tert-OH is 1. The van der Waals surface area contributed by atoms with Crippen LogP contribution in [-0.4, -0.2) is 158 Å². The third kappa shape index (κ3) is 10.4. The van der Waals surface area contributed by atoms with Gasteiger partial charge in [0.1, 0.15) is 23.8 Å². The van der Waals surface area contributed by atoms with E-state index < -0.39 is 77.6 Å². The molecule has 0 bridgehead atoms. The first kappa shape index (κ1) is 48.0. The molecular weight excluding hydrogens is 787 g/mol. The first-order chi connectivity index (χ1) is 28.8. The second kappa shape index (κ2) is 20.0. The summed E-state index contributed by atoms with van der Waals surface area (Å²) in [5.74, 6) is -3.82. The predicted molar refractivity (Wildman–Crippen MR) is 225 cm³/mol. The molecular formula is C44H69N7O10. The van der Waals surface area contributed by atoms with Crippen LogP contribution in [0.15, 0.2) is 30.6 Å². The van der Waals surface area contributed by atoms with Crippen molar-refractivity contribution in [1.82, 2.24) is 34.7 Å². The summed E-state index contributed by atoms with van der Waals surface area (Å²) < 4.78 is 33.3. The predicted octanol–water partition coefficient (Wildman–Crippen LogP) is 4.36. The average molecular weight is 856 g/mol. The second-order valence-corrected chi connectivity index (χ2v) is 18.1. The Hall–Kier alpha value is -4.03. The van der Waals surface area contributed by atoms with Crippen molar-refractivity contribution in [2.45, 2.75) is 161 Å². The Morgan fingerprint density at radius 1 is 1.05 bits per heavy atom. The van der Waals surface area contributed by atoms with E-state index in [1.54, 1.807) is 41.6 Å². The minimum Gasteiger partial charge on any atom is -0.458 e. The lowest BCUT2D eigenvalue weighted by Crippen LogP contribution is -2.62. The van der Waals surface area contributed by atoms with E-state index in [2.05, 4.69) is 15.3 Å². The van der Waals surface area contributed by atoms with Crippen LogP contribution in [0.4, 0.5) is 4.79 Å². The minimum atomic E-state index is -1.39. The zero-order chi connectivity index (χ0) is 45.0. The molecule has 3 saturated heterocycles. The van der Waals surface area contributed by atoms with Gasteiger partial charge in [-0.1, -0.05) is 32.1 Å². The highest BCUT2D eigenvalue weighted by Crippen LogP contribution is 2.41. The van der Waals surface area contributed by atoms with Gasteiger partial charge in [-0.3, -0.25) is 28.9 Å². The summed E-state index contributed by atoms with van der Waals surface area (Å²) in [5, 5.41) is 20.0. The number of fused-ring (bicyclic) bond motifs is 1.